The number of ether oxygens (including phenoxy) is 1. The molecule has 0 aliphatic carbocycles. The second-order valence-corrected chi connectivity index (χ2v) is 11.0. The molecule has 0 saturated heterocycles. The van der Waals surface area contributed by atoms with Gasteiger partial charge in [-0.05, 0) is 68.7 Å². The van der Waals surface area contributed by atoms with Gasteiger partial charge in [-0.25, -0.2) is 13.4 Å². The summed E-state index contributed by atoms with van der Waals surface area (Å²) < 4.78 is 69.3. The van der Waals surface area contributed by atoms with Crippen molar-refractivity contribution in [2.24, 2.45) is 0 Å². The van der Waals surface area contributed by atoms with Crippen molar-refractivity contribution in [1.82, 2.24) is 4.98 Å². The zero-order valence-electron chi connectivity index (χ0n) is 18.8. The van der Waals surface area contributed by atoms with E-state index in [0.717, 1.165) is 30.8 Å². The predicted molar refractivity (Wildman–Crippen MR) is 124 cm³/mol. The van der Waals surface area contributed by atoms with Crippen LogP contribution in [0.5, 0.6) is 11.6 Å². The molecular formula is C25H25F3N2O3S. The van der Waals surface area contributed by atoms with E-state index in [9.17, 15) is 21.6 Å². The van der Waals surface area contributed by atoms with E-state index in [0.29, 0.717) is 12.6 Å². The minimum absolute atomic E-state index is 0.0146. The topological polar surface area (TPSA) is 59.5 Å². The second-order valence-electron chi connectivity index (χ2n) is 8.87. The summed E-state index contributed by atoms with van der Waals surface area (Å²) >= 11 is 0. The van der Waals surface area contributed by atoms with Crippen molar-refractivity contribution in [3.8, 4) is 11.6 Å². The molecule has 4 rings (SSSR count). The van der Waals surface area contributed by atoms with Crippen LogP contribution in [0, 0.1) is 0 Å². The van der Waals surface area contributed by atoms with E-state index in [4.69, 9.17) is 4.74 Å². The molecule has 0 fully saturated rings. The summed E-state index contributed by atoms with van der Waals surface area (Å²) in [5.74, 6) is 0.246. The standard InChI is InChI=1S/C25H25F3N2O3S/c1-24(2,30-15-13-18-5-3-4-6-22(18)30)14-16-34(31,32)21-10-8-20(9-11-21)33-23-12-7-19(17-29-23)25(26,27)28/h3-12,17H,13-16H2,1-2H3. The van der Waals surface area contributed by atoms with Crippen molar-refractivity contribution in [3.05, 3.63) is 78.0 Å². The van der Waals surface area contributed by atoms with Gasteiger partial charge in [-0.3, -0.25) is 0 Å². The molecule has 0 unspecified atom stereocenters. The van der Waals surface area contributed by atoms with Crippen LogP contribution >= 0.6 is 0 Å². The Bertz CT molecular complexity index is 1260. The Morgan fingerprint density at radius 2 is 1.71 bits per heavy atom. The molecule has 0 N–H and O–H groups in total. The number of fused-ring (bicyclic) bond motifs is 1. The van der Waals surface area contributed by atoms with Crippen molar-refractivity contribution in [2.45, 2.75) is 43.3 Å². The van der Waals surface area contributed by atoms with Crippen LogP contribution in [0.3, 0.4) is 0 Å². The summed E-state index contributed by atoms with van der Waals surface area (Å²) in [5, 5.41) is 0. The first-order valence-corrected chi connectivity index (χ1v) is 12.5. The van der Waals surface area contributed by atoms with Crippen molar-refractivity contribution in [2.75, 3.05) is 17.2 Å². The molecule has 0 atom stereocenters. The Morgan fingerprint density at radius 3 is 2.35 bits per heavy atom. The number of nitrogens with zero attached hydrogens (tertiary/aromatic N) is 2. The molecule has 2 aromatic carbocycles. The molecule has 3 aromatic rings. The molecule has 1 aliphatic heterocycles. The number of benzene rings is 2. The Hall–Kier alpha value is -3.07. The maximum absolute atomic E-state index is 13.0. The van der Waals surface area contributed by atoms with Gasteiger partial charge in [0, 0.05) is 30.0 Å². The maximum Gasteiger partial charge on any atom is 0.417 e. The largest absolute Gasteiger partial charge is 0.439 e. The van der Waals surface area contributed by atoms with Gasteiger partial charge >= 0.3 is 6.18 Å². The molecule has 0 spiro atoms. The van der Waals surface area contributed by atoms with Crippen molar-refractivity contribution in [3.63, 3.8) is 0 Å². The number of para-hydroxylation sites is 1. The van der Waals surface area contributed by atoms with Crippen LogP contribution in [-0.4, -0.2) is 31.2 Å². The van der Waals surface area contributed by atoms with E-state index in [-0.39, 0.29) is 27.8 Å². The number of anilines is 1. The number of rotatable bonds is 7. The number of aromatic nitrogens is 1. The fraction of sp³-hybridized carbons (Fsp3) is 0.320. The lowest BCUT2D eigenvalue weighted by Gasteiger charge is -2.38. The van der Waals surface area contributed by atoms with E-state index >= 15 is 0 Å². The third-order valence-electron chi connectivity index (χ3n) is 6.07. The minimum atomic E-state index is -4.48. The highest BCUT2D eigenvalue weighted by molar-refractivity contribution is 7.91. The van der Waals surface area contributed by atoms with Gasteiger partial charge < -0.3 is 9.64 Å². The fourth-order valence-electron chi connectivity index (χ4n) is 4.05. The average molecular weight is 491 g/mol. The third kappa shape index (κ3) is 5.19. The summed E-state index contributed by atoms with van der Waals surface area (Å²) in [4.78, 5) is 6.09. The van der Waals surface area contributed by atoms with E-state index in [2.05, 4.69) is 35.9 Å². The average Bonchev–Trinajstić information content (AvgIpc) is 3.23. The van der Waals surface area contributed by atoms with Crippen LogP contribution in [0.25, 0.3) is 0 Å². The lowest BCUT2D eigenvalue weighted by atomic mass is 9.99. The second kappa shape index (κ2) is 8.94. The Morgan fingerprint density at radius 1 is 1.00 bits per heavy atom. The first-order chi connectivity index (χ1) is 16.0. The van der Waals surface area contributed by atoms with Gasteiger partial charge in [0.25, 0.3) is 0 Å². The third-order valence-corrected chi connectivity index (χ3v) is 7.80. The Balaban J connectivity index is 1.40. The van der Waals surface area contributed by atoms with E-state index < -0.39 is 21.6 Å². The highest BCUT2D eigenvalue weighted by atomic mass is 32.2. The number of alkyl halides is 3. The zero-order valence-corrected chi connectivity index (χ0v) is 19.7. The van der Waals surface area contributed by atoms with Crippen LogP contribution in [0.1, 0.15) is 31.4 Å². The lowest BCUT2D eigenvalue weighted by Crippen LogP contribution is -2.44. The molecule has 1 aliphatic rings. The molecule has 34 heavy (non-hydrogen) atoms. The molecule has 0 bridgehead atoms. The van der Waals surface area contributed by atoms with E-state index in [1.807, 2.05) is 12.1 Å². The highest BCUT2D eigenvalue weighted by Gasteiger charge is 2.33. The maximum atomic E-state index is 13.0. The van der Waals surface area contributed by atoms with Gasteiger partial charge in [0.1, 0.15) is 5.75 Å². The van der Waals surface area contributed by atoms with Crippen LogP contribution in [0.2, 0.25) is 0 Å². The molecular weight excluding hydrogens is 465 g/mol. The minimum Gasteiger partial charge on any atom is -0.439 e. The van der Waals surface area contributed by atoms with Gasteiger partial charge in [-0.15, -0.1) is 0 Å². The Labute approximate surface area is 197 Å². The number of halogens is 3. The van der Waals surface area contributed by atoms with Gasteiger partial charge in [-0.2, -0.15) is 13.2 Å². The Kier molecular flexibility index (Phi) is 6.33. The van der Waals surface area contributed by atoms with E-state index in [1.165, 1.54) is 29.8 Å². The molecule has 9 heteroatoms. The molecule has 180 valence electrons. The van der Waals surface area contributed by atoms with Crippen molar-refractivity contribution >= 4 is 15.5 Å². The molecule has 5 nitrogen and oxygen atoms in total. The summed E-state index contributed by atoms with van der Waals surface area (Å²) in [6.07, 6.45) is -2.39. The highest BCUT2D eigenvalue weighted by Crippen LogP contribution is 2.35. The van der Waals surface area contributed by atoms with Gasteiger partial charge in [0.2, 0.25) is 5.88 Å². The number of sulfone groups is 1. The van der Waals surface area contributed by atoms with Gasteiger partial charge in [0.05, 0.1) is 16.2 Å². The van der Waals surface area contributed by atoms with Crippen molar-refractivity contribution in [1.29, 1.82) is 0 Å². The number of hydrogen-bond acceptors (Lipinski definition) is 5. The number of pyridine rings is 1. The fourth-order valence-corrected chi connectivity index (χ4v) is 5.60. The lowest BCUT2D eigenvalue weighted by molar-refractivity contribution is -0.137. The molecule has 0 radical (unpaired) electrons. The van der Waals surface area contributed by atoms with Crippen LogP contribution in [0.4, 0.5) is 18.9 Å². The van der Waals surface area contributed by atoms with Crippen LogP contribution in [0.15, 0.2) is 71.8 Å². The summed E-state index contributed by atoms with van der Waals surface area (Å²) in [6.45, 7) is 4.97. The van der Waals surface area contributed by atoms with Gasteiger partial charge in [0.15, 0.2) is 9.84 Å². The molecule has 0 saturated carbocycles. The molecule has 0 amide bonds. The smallest absolute Gasteiger partial charge is 0.417 e. The number of hydrogen-bond donors (Lipinski definition) is 0. The first-order valence-electron chi connectivity index (χ1n) is 10.9. The zero-order chi connectivity index (χ0) is 24.6. The predicted octanol–water partition coefficient (Wildman–Crippen LogP) is 5.90. The van der Waals surface area contributed by atoms with Crippen molar-refractivity contribution < 1.29 is 26.3 Å². The van der Waals surface area contributed by atoms with Crippen LogP contribution < -0.4 is 9.64 Å². The van der Waals surface area contributed by atoms with Crippen LogP contribution in [-0.2, 0) is 22.4 Å². The normalized spacial score (nSPS) is 14.2. The van der Waals surface area contributed by atoms with E-state index in [1.54, 1.807) is 0 Å². The monoisotopic (exact) mass is 490 g/mol. The summed E-state index contributed by atoms with van der Waals surface area (Å²) in [5.41, 5.74) is 1.22. The summed E-state index contributed by atoms with van der Waals surface area (Å²) in [6, 6.07) is 16.0. The first kappa shape index (κ1) is 24.1. The van der Waals surface area contributed by atoms with Gasteiger partial charge in [-0.1, -0.05) is 18.2 Å². The molecule has 2 heterocycles. The summed E-state index contributed by atoms with van der Waals surface area (Å²) in [7, 11) is -3.53. The molecule has 1 aromatic heterocycles. The quantitative estimate of drug-likeness (QED) is 0.413. The SMILES string of the molecule is CC(C)(CCS(=O)(=O)c1ccc(Oc2ccc(C(F)(F)F)cn2)cc1)N1CCc2ccccc21.